The molecule has 0 aliphatic heterocycles. The Morgan fingerprint density at radius 3 is 2.95 bits per heavy atom. The minimum absolute atomic E-state index is 0.144. The first kappa shape index (κ1) is 13.8. The van der Waals surface area contributed by atoms with E-state index in [1.807, 2.05) is 6.07 Å². The van der Waals surface area contributed by atoms with Gasteiger partial charge in [-0.25, -0.2) is 0 Å². The second-order valence-corrected chi connectivity index (χ2v) is 5.23. The molecule has 1 fully saturated rings. The molecule has 2 N–H and O–H groups in total. The molecule has 0 aromatic carbocycles. The zero-order valence-corrected chi connectivity index (χ0v) is 11.6. The molecule has 0 bridgehead atoms. The third kappa shape index (κ3) is 4.23. The molecule has 1 aromatic rings. The maximum absolute atomic E-state index is 11.5. The summed E-state index contributed by atoms with van der Waals surface area (Å²) in [6.07, 6.45) is 9.84. The van der Waals surface area contributed by atoms with Crippen molar-refractivity contribution in [2.24, 2.45) is 5.92 Å². The zero-order valence-electron chi connectivity index (χ0n) is 11.6. The van der Waals surface area contributed by atoms with Gasteiger partial charge in [-0.2, -0.15) is 0 Å². The molecular formula is C15H23N3O. The monoisotopic (exact) mass is 261 g/mol. The summed E-state index contributed by atoms with van der Waals surface area (Å²) in [7, 11) is 1.62. The Balaban J connectivity index is 1.74. The van der Waals surface area contributed by atoms with Gasteiger partial charge in [-0.15, -0.1) is 0 Å². The molecule has 1 amide bonds. The fourth-order valence-corrected chi connectivity index (χ4v) is 2.72. The predicted molar refractivity (Wildman–Crippen MR) is 77.3 cm³/mol. The van der Waals surface area contributed by atoms with E-state index in [2.05, 4.69) is 15.6 Å². The summed E-state index contributed by atoms with van der Waals surface area (Å²) in [6, 6.07) is 3.70. The van der Waals surface area contributed by atoms with E-state index in [4.69, 9.17) is 0 Å². The number of aromatic nitrogens is 1. The summed E-state index contributed by atoms with van der Waals surface area (Å²) < 4.78 is 0. The Morgan fingerprint density at radius 2 is 2.21 bits per heavy atom. The van der Waals surface area contributed by atoms with E-state index >= 15 is 0 Å². The maximum atomic E-state index is 11.5. The standard InChI is InChI=1S/C15H23N3O/c1-16-15(19)14-11-13(8-10-18-14)17-9-4-7-12-5-2-3-6-12/h8,10-12H,2-7,9H2,1H3,(H,16,19)(H,17,18). The van der Waals surface area contributed by atoms with Gasteiger partial charge in [0, 0.05) is 25.5 Å². The van der Waals surface area contributed by atoms with E-state index in [-0.39, 0.29) is 5.91 Å². The van der Waals surface area contributed by atoms with Gasteiger partial charge in [-0.1, -0.05) is 25.7 Å². The van der Waals surface area contributed by atoms with Crippen LogP contribution in [0, 0.1) is 5.92 Å². The van der Waals surface area contributed by atoms with E-state index in [9.17, 15) is 4.79 Å². The van der Waals surface area contributed by atoms with E-state index in [0.717, 1.165) is 18.2 Å². The molecule has 1 aromatic heterocycles. The Kier molecular flexibility index (Phi) is 5.19. The lowest BCUT2D eigenvalue weighted by Crippen LogP contribution is -2.19. The lowest BCUT2D eigenvalue weighted by molar-refractivity contribution is 0.0958. The number of pyridine rings is 1. The normalized spacial score (nSPS) is 15.4. The summed E-state index contributed by atoms with van der Waals surface area (Å²) in [4.78, 5) is 15.5. The van der Waals surface area contributed by atoms with Crippen LogP contribution in [0.25, 0.3) is 0 Å². The van der Waals surface area contributed by atoms with E-state index in [1.165, 1.54) is 38.5 Å². The van der Waals surface area contributed by atoms with Gasteiger partial charge in [0.1, 0.15) is 5.69 Å². The minimum atomic E-state index is -0.144. The van der Waals surface area contributed by atoms with E-state index in [1.54, 1.807) is 19.3 Å². The fraction of sp³-hybridized carbons (Fsp3) is 0.600. The van der Waals surface area contributed by atoms with Crippen molar-refractivity contribution in [1.82, 2.24) is 10.3 Å². The largest absolute Gasteiger partial charge is 0.385 e. The smallest absolute Gasteiger partial charge is 0.269 e. The molecule has 1 saturated carbocycles. The Morgan fingerprint density at radius 1 is 1.42 bits per heavy atom. The first-order valence-electron chi connectivity index (χ1n) is 7.21. The molecule has 1 aliphatic rings. The van der Waals surface area contributed by atoms with Crippen LogP contribution in [-0.4, -0.2) is 24.5 Å². The Bertz CT molecular complexity index is 414. The number of hydrogen-bond donors (Lipinski definition) is 2. The molecule has 4 nitrogen and oxygen atoms in total. The SMILES string of the molecule is CNC(=O)c1cc(NCCCC2CCCC2)ccn1. The van der Waals surface area contributed by atoms with Crippen molar-refractivity contribution in [2.75, 3.05) is 18.9 Å². The van der Waals surface area contributed by atoms with Gasteiger partial charge >= 0.3 is 0 Å². The predicted octanol–water partition coefficient (Wildman–Crippen LogP) is 2.82. The molecule has 1 aliphatic carbocycles. The minimum Gasteiger partial charge on any atom is -0.385 e. The lowest BCUT2D eigenvalue weighted by atomic mass is 10.0. The number of nitrogens with one attached hydrogen (secondary N) is 2. The molecule has 0 atom stereocenters. The van der Waals surface area contributed by atoms with Gasteiger partial charge in [0.25, 0.3) is 5.91 Å². The molecule has 104 valence electrons. The van der Waals surface area contributed by atoms with Crippen LogP contribution in [0.2, 0.25) is 0 Å². The van der Waals surface area contributed by atoms with E-state index < -0.39 is 0 Å². The number of rotatable bonds is 6. The van der Waals surface area contributed by atoms with Crippen molar-refractivity contribution in [3.05, 3.63) is 24.0 Å². The van der Waals surface area contributed by atoms with Crippen molar-refractivity contribution in [2.45, 2.75) is 38.5 Å². The van der Waals surface area contributed by atoms with E-state index in [0.29, 0.717) is 5.69 Å². The molecule has 0 unspecified atom stereocenters. The highest BCUT2D eigenvalue weighted by atomic mass is 16.1. The van der Waals surface area contributed by atoms with Crippen LogP contribution in [0.1, 0.15) is 49.0 Å². The van der Waals surface area contributed by atoms with Gasteiger partial charge in [0.05, 0.1) is 0 Å². The summed E-state index contributed by atoms with van der Waals surface area (Å²) >= 11 is 0. The third-order valence-electron chi connectivity index (χ3n) is 3.81. The summed E-state index contributed by atoms with van der Waals surface area (Å²) in [5.41, 5.74) is 1.43. The highest BCUT2D eigenvalue weighted by Crippen LogP contribution is 2.28. The average molecular weight is 261 g/mol. The molecule has 0 saturated heterocycles. The number of anilines is 1. The third-order valence-corrected chi connectivity index (χ3v) is 3.81. The zero-order chi connectivity index (χ0) is 13.5. The summed E-state index contributed by atoms with van der Waals surface area (Å²) in [6.45, 7) is 0.966. The van der Waals surface area contributed by atoms with Crippen molar-refractivity contribution in [1.29, 1.82) is 0 Å². The van der Waals surface area contributed by atoms with Crippen LogP contribution in [-0.2, 0) is 0 Å². The van der Waals surface area contributed by atoms with Crippen molar-refractivity contribution < 1.29 is 4.79 Å². The van der Waals surface area contributed by atoms with Gasteiger partial charge in [-0.05, 0) is 30.9 Å². The lowest BCUT2D eigenvalue weighted by Gasteiger charge is -2.10. The molecule has 0 spiro atoms. The molecule has 0 radical (unpaired) electrons. The number of hydrogen-bond acceptors (Lipinski definition) is 3. The van der Waals surface area contributed by atoms with Crippen LogP contribution in [0.5, 0.6) is 0 Å². The fourth-order valence-electron chi connectivity index (χ4n) is 2.72. The number of amides is 1. The van der Waals surface area contributed by atoms with Crippen LogP contribution < -0.4 is 10.6 Å². The summed E-state index contributed by atoms with van der Waals surface area (Å²) in [5, 5.41) is 5.95. The van der Waals surface area contributed by atoms with Gasteiger partial charge in [0.15, 0.2) is 0 Å². The first-order chi connectivity index (χ1) is 9.29. The van der Waals surface area contributed by atoms with Crippen molar-refractivity contribution >= 4 is 11.6 Å². The van der Waals surface area contributed by atoms with Crippen LogP contribution in [0.15, 0.2) is 18.3 Å². The average Bonchev–Trinajstić information content (AvgIpc) is 2.96. The second-order valence-electron chi connectivity index (χ2n) is 5.23. The molecule has 4 heteroatoms. The van der Waals surface area contributed by atoms with Crippen LogP contribution in [0.3, 0.4) is 0 Å². The molecule has 2 rings (SSSR count). The Hall–Kier alpha value is -1.58. The topological polar surface area (TPSA) is 54.0 Å². The van der Waals surface area contributed by atoms with Gasteiger partial charge < -0.3 is 10.6 Å². The van der Waals surface area contributed by atoms with Crippen molar-refractivity contribution in [3.8, 4) is 0 Å². The molecule has 1 heterocycles. The summed E-state index contributed by atoms with van der Waals surface area (Å²) in [5.74, 6) is 0.801. The highest BCUT2D eigenvalue weighted by Gasteiger charge is 2.13. The molecule has 19 heavy (non-hydrogen) atoms. The van der Waals surface area contributed by atoms with Crippen LogP contribution >= 0.6 is 0 Å². The molecular weight excluding hydrogens is 238 g/mol. The Labute approximate surface area is 115 Å². The number of carbonyl (C=O) groups excluding carboxylic acids is 1. The highest BCUT2D eigenvalue weighted by molar-refractivity contribution is 5.92. The maximum Gasteiger partial charge on any atom is 0.269 e. The second kappa shape index (κ2) is 7.12. The van der Waals surface area contributed by atoms with Crippen LogP contribution in [0.4, 0.5) is 5.69 Å². The van der Waals surface area contributed by atoms with Crippen molar-refractivity contribution in [3.63, 3.8) is 0 Å². The number of carbonyl (C=O) groups is 1. The van der Waals surface area contributed by atoms with Gasteiger partial charge in [-0.3, -0.25) is 9.78 Å². The quantitative estimate of drug-likeness (QED) is 0.774. The number of nitrogens with zero attached hydrogens (tertiary/aromatic N) is 1. The van der Waals surface area contributed by atoms with Gasteiger partial charge in [0.2, 0.25) is 0 Å². The first-order valence-corrected chi connectivity index (χ1v) is 7.21.